The molecule has 2 aromatic rings. The van der Waals surface area contributed by atoms with Crippen molar-refractivity contribution in [2.45, 2.75) is 0 Å². The number of amides is 3. The van der Waals surface area contributed by atoms with E-state index in [1.165, 1.54) is 12.1 Å². The molecular weight excluding hydrogens is 521 g/mol. The lowest BCUT2D eigenvalue weighted by Gasteiger charge is -2.14. The van der Waals surface area contributed by atoms with Crippen molar-refractivity contribution in [3.8, 4) is 5.75 Å². The van der Waals surface area contributed by atoms with Crippen molar-refractivity contribution in [2.75, 3.05) is 24.6 Å². The van der Waals surface area contributed by atoms with Gasteiger partial charge in [0.25, 0.3) is 17.5 Å². The highest BCUT2D eigenvalue weighted by Gasteiger charge is 2.40. The number of nitro benzene ring substituents is 1. The molecule has 16 heteroatoms. The second-order valence-corrected chi connectivity index (χ2v) is 7.92. The third-order valence-electron chi connectivity index (χ3n) is 4.67. The molecule has 1 N–H and O–H groups in total. The van der Waals surface area contributed by atoms with Gasteiger partial charge in [0.05, 0.1) is 22.0 Å². The highest BCUT2D eigenvalue weighted by Crippen LogP contribution is 2.31. The van der Waals surface area contributed by atoms with Crippen LogP contribution in [0.5, 0.6) is 5.75 Å². The van der Waals surface area contributed by atoms with Gasteiger partial charge in [0, 0.05) is 19.2 Å². The summed E-state index contributed by atoms with van der Waals surface area (Å²) in [5.41, 5.74) is -1.04. The maximum Gasteiger partial charge on any atom is 0.321 e. The monoisotopic (exact) mass is 533 g/mol. The summed E-state index contributed by atoms with van der Waals surface area (Å²) in [6.45, 7) is -0.560. The van der Waals surface area contributed by atoms with Gasteiger partial charge in [-0.2, -0.15) is 8.78 Å². The Balaban J connectivity index is 1.46. The fraction of sp³-hybridized carbons (Fsp3) is 0.200. The molecule has 0 saturated carbocycles. The van der Waals surface area contributed by atoms with Crippen LogP contribution in [0.15, 0.2) is 18.2 Å². The lowest BCUT2D eigenvalue weighted by Crippen LogP contribution is -2.38. The van der Waals surface area contributed by atoms with Gasteiger partial charge in [-0.05, 0) is 6.07 Å². The molecule has 1 heterocycles. The Kier molecular flexibility index (Phi) is 7.87. The van der Waals surface area contributed by atoms with Crippen molar-refractivity contribution < 1.29 is 50.8 Å². The fourth-order valence-corrected chi connectivity index (χ4v) is 3.69. The number of esters is 1. The molecule has 0 bridgehead atoms. The number of hydrogen-bond acceptors (Lipinski definition) is 8. The molecular formula is C20H12F5N3O7S. The zero-order valence-electron chi connectivity index (χ0n) is 17.6. The summed E-state index contributed by atoms with van der Waals surface area (Å²) < 4.78 is 70.5. The van der Waals surface area contributed by atoms with E-state index in [4.69, 9.17) is 0 Å². The van der Waals surface area contributed by atoms with Crippen molar-refractivity contribution in [3.05, 3.63) is 68.5 Å². The largest absolute Gasteiger partial charge is 0.419 e. The minimum absolute atomic E-state index is 0.150. The van der Waals surface area contributed by atoms with Crippen LogP contribution in [0.1, 0.15) is 20.7 Å². The first kappa shape index (κ1) is 26.5. The quantitative estimate of drug-likeness (QED) is 0.0759. The molecule has 3 rings (SSSR count). The van der Waals surface area contributed by atoms with Crippen LogP contribution in [0.25, 0.3) is 0 Å². The second kappa shape index (κ2) is 10.7. The van der Waals surface area contributed by atoms with Crippen molar-refractivity contribution >= 4 is 41.1 Å². The maximum absolute atomic E-state index is 13.5. The number of nitrogens with one attached hydrogen (secondary N) is 1. The number of nitrogens with zero attached hydrogens (tertiary/aromatic N) is 2. The van der Waals surface area contributed by atoms with Gasteiger partial charge < -0.3 is 10.1 Å². The molecule has 0 saturated heterocycles. The van der Waals surface area contributed by atoms with E-state index >= 15 is 0 Å². The molecule has 2 aromatic carbocycles. The Hall–Kier alpha value is -4.08. The Labute approximate surface area is 201 Å². The van der Waals surface area contributed by atoms with Gasteiger partial charge in [-0.25, -0.2) is 13.2 Å². The van der Waals surface area contributed by atoms with E-state index in [9.17, 15) is 51.2 Å². The van der Waals surface area contributed by atoms with Gasteiger partial charge in [-0.15, -0.1) is 11.8 Å². The summed E-state index contributed by atoms with van der Waals surface area (Å²) in [7, 11) is 0. The molecule has 0 fully saturated rings. The number of ether oxygens (including phenoxy) is 1. The average Bonchev–Trinajstić information content (AvgIpc) is 3.09. The zero-order valence-corrected chi connectivity index (χ0v) is 18.4. The first-order chi connectivity index (χ1) is 17.0. The summed E-state index contributed by atoms with van der Waals surface area (Å²) in [4.78, 5) is 59.4. The van der Waals surface area contributed by atoms with Crippen LogP contribution in [-0.4, -0.2) is 58.1 Å². The van der Waals surface area contributed by atoms with Gasteiger partial charge in [-0.3, -0.25) is 34.2 Å². The number of rotatable bonds is 9. The van der Waals surface area contributed by atoms with E-state index in [2.05, 4.69) is 10.1 Å². The zero-order chi connectivity index (χ0) is 26.7. The summed E-state index contributed by atoms with van der Waals surface area (Å²) in [5, 5.41) is 13.4. The number of carbonyl (C=O) groups excluding carboxylic acids is 4. The average molecular weight is 533 g/mol. The Morgan fingerprint density at radius 1 is 0.972 bits per heavy atom. The molecule has 36 heavy (non-hydrogen) atoms. The van der Waals surface area contributed by atoms with E-state index in [0.717, 1.165) is 6.07 Å². The van der Waals surface area contributed by atoms with E-state index < -0.39 is 80.6 Å². The summed E-state index contributed by atoms with van der Waals surface area (Å²) in [6, 6.07) is 3.58. The standard InChI is InChI=1S/C20H12F5N3O7S/c21-13-14(22)16(24)18(17(25)15(13)23)35-11(30)7-36-6-10(29)26-4-5-27-19(31)8-2-1-3-9(28(33)34)12(8)20(27)32/h1-3H,4-7H2,(H,26,29). The molecule has 1 aliphatic heterocycles. The Morgan fingerprint density at radius 2 is 1.58 bits per heavy atom. The summed E-state index contributed by atoms with van der Waals surface area (Å²) in [5.74, 6) is -18.3. The van der Waals surface area contributed by atoms with Crippen LogP contribution in [0, 0.1) is 39.2 Å². The number of imide groups is 1. The van der Waals surface area contributed by atoms with Crippen molar-refractivity contribution in [3.63, 3.8) is 0 Å². The summed E-state index contributed by atoms with van der Waals surface area (Å²) in [6.07, 6.45) is 0. The first-order valence-corrected chi connectivity index (χ1v) is 10.8. The maximum atomic E-state index is 13.5. The minimum Gasteiger partial charge on any atom is -0.419 e. The second-order valence-electron chi connectivity index (χ2n) is 6.93. The molecule has 1 aliphatic rings. The number of fused-ring (bicyclic) bond motifs is 1. The van der Waals surface area contributed by atoms with Gasteiger partial charge in [0.2, 0.25) is 40.7 Å². The predicted octanol–water partition coefficient (Wildman–Crippen LogP) is 2.34. The molecule has 0 aliphatic carbocycles. The van der Waals surface area contributed by atoms with Crippen LogP contribution in [-0.2, 0) is 9.59 Å². The Bertz CT molecular complexity index is 1280. The van der Waals surface area contributed by atoms with Crippen LogP contribution in [0.2, 0.25) is 0 Å². The number of benzene rings is 2. The van der Waals surface area contributed by atoms with Crippen molar-refractivity contribution in [1.82, 2.24) is 10.2 Å². The van der Waals surface area contributed by atoms with E-state index in [-0.39, 0.29) is 24.2 Å². The minimum atomic E-state index is -2.42. The third-order valence-corrected chi connectivity index (χ3v) is 5.58. The van der Waals surface area contributed by atoms with E-state index in [1.807, 2.05) is 0 Å². The van der Waals surface area contributed by atoms with Gasteiger partial charge >= 0.3 is 5.97 Å². The topological polar surface area (TPSA) is 136 Å². The number of thioether (sulfide) groups is 1. The summed E-state index contributed by atoms with van der Waals surface area (Å²) >= 11 is 0.575. The lowest BCUT2D eigenvalue weighted by atomic mass is 10.1. The molecule has 0 atom stereocenters. The number of halogens is 5. The van der Waals surface area contributed by atoms with Crippen LogP contribution in [0.3, 0.4) is 0 Å². The number of nitro groups is 1. The van der Waals surface area contributed by atoms with Crippen molar-refractivity contribution in [1.29, 1.82) is 0 Å². The SMILES string of the molecule is O=C(CSCC(=O)Oc1c(F)c(F)c(F)c(F)c1F)NCCN1C(=O)c2cccc([N+](=O)[O-])c2C1=O. The first-order valence-electron chi connectivity index (χ1n) is 9.65. The number of hydrogen-bond donors (Lipinski definition) is 1. The van der Waals surface area contributed by atoms with Gasteiger partial charge in [0.15, 0.2) is 0 Å². The molecule has 3 amide bonds. The smallest absolute Gasteiger partial charge is 0.321 e. The van der Waals surface area contributed by atoms with Crippen LogP contribution >= 0.6 is 11.8 Å². The third kappa shape index (κ3) is 5.12. The molecule has 0 spiro atoms. The van der Waals surface area contributed by atoms with Crippen LogP contribution < -0.4 is 10.1 Å². The highest BCUT2D eigenvalue weighted by atomic mass is 32.2. The molecule has 0 aromatic heterocycles. The highest BCUT2D eigenvalue weighted by molar-refractivity contribution is 8.00. The molecule has 0 unspecified atom stereocenters. The van der Waals surface area contributed by atoms with E-state index in [1.54, 1.807) is 0 Å². The van der Waals surface area contributed by atoms with Gasteiger partial charge in [-0.1, -0.05) is 6.07 Å². The van der Waals surface area contributed by atoms with Crippen molar-refractivity contribution in [2.24, 2.45) is 0 Å². The van der Waals surface area contributed by atoms with Gasteiger partial charge in [0.1, 0.15) is 5.56 Å². The predicted molar refractivity (Wildman–Crippen MR) is 111 cm³/mol. The van der Waals surface area contributed by atoms with E-state index in [0.29, 0.717) is 16.7 Å². The lowest BCUT2D eigenvalue weighted by molar-refractivity contribution is -0.385. The Morgan fingerprint density at radius 3 is 2.19 bits per heavy atom. The molecule has 0 radical (unpaired) electrons. The normalized spacial score (nSPS) is 12.5. The number of carbonyl (C=O) groups is 4. The molecule has 10 nitrogen and oxygen atoms in total. The van der Waals surface area contributed by atoms with Crippen LogP contribution in [0.4, 0.5) is 27.6 Å². The fourth-order valence-electron chi connectivity index (χ4n) is 3.07. The molecule has 190 valence electrons.